The molecule has 1 aromatic carbocycles. The molecule has 1 aliphatic heterocycles. The Hall–Kier alpha value is -2.04. The Morgan fingerprint density at radius 1 is 1.40 bits per heavy atom. The summed E-state index contributed by atoms with van der Waals surface area (Å²) in [6.45, 7) is 4.45. The molecular formula is C15H19NO4. The number of nitrogens with zero attached hydrogens (tertiary/aromatic N) is 1. The highest BCUT2D eigenvalue weighted by Crippen LogP contribution is 2.31. The predicted molar refractivity (Wildman–Crippen MR) is 74.9 cm³/mol. The molecule has 5 heteroatoms. The maximum Gasteiger partial charge on any atom is 0.309 e. The molecule has 0 aromatic heterocycles. The number of aliphatic carboxylic acids is 1. The highest BCUT2D eigenvalue weighted by Gasteiger charge is 2.41. The molecule has 1 aromatic rings. The second kappa shape index (κ2) is 5.94. The summed E-state index contributed by atoms with van der Waals surface area (Å²) < 4.78 is 5.49. The van der Waals surface area contributed by atoms with Crippen LogP contribution < -0.4 is 9.64 Å². The van der Waals surface area contributed by atoms with Crippen LogP contribution in [-0.4, -0.2) is 29.6 Å². The van der Waals surface area contributed by atoms with Crippen molar-refractivity contribution in [3.05, 3.63) is 24.3 Å². The van der Waals surface area contributed by atoms with Gasteiger partial charge in [0.15, 0.2) is 0 Å². The molecule has 0 radical (unpaired) electrons. The lowest BCUT2D eigenvalue weighted by atomic mass is 10.0. The summed E-state index contributed by atoms with van der Waals surface area (Å²) in [5, 5.41) is 9.11. The molecule has 2 atom stereocenters. The zero-order chi connectivity index (χ0) is 14.7. The summed E-state index contributed by atoms with van der Waals surface area (Å²) in [5.41, 5.74) is 0.718. The molecule has 1 amide bonds. The van der Waals surface area contributed by atoms with Gasteiger partial charge in [-0.3, -0.25) is 9.59 Å². The number of amides is 1. The molecule has 0 bridgehead atoms. The number of anilines is 1. The summed E-state index contributed by atoms with van der Waals surface area (Å²) >= 11 is 0. The van der Waals surface area contributed by atoms with Crippen molar-refractivity contribution < 1.29 is 19.4 Å². The Morgan fingerprint density at radius 3 is 2.55 bits per heavy atom. The number of hydrogen-bond donors (Lipinski definition) is 1. The van der Waals surface area contributed by atoms with E-state index in [1.54, 1.807) is 36.1 Å². The lowest BCUT2D eigenvalue weighted by Gasteiger charge is -2.23. The first-order valence-corrected chi connectivity index (χ1v) is 6.82. The minimum atomic E-state index is -0.920. The maximum atomic E-state index is 12.0. The number of carbonyl (C=O) groups is 2. The van der Waals surface area contributed by atoms with Crippen molar-refractivity contribution >= 4 is 17.6 Å². The number of rotatable bonds is 5. The van der Waals surface area contributed by atoms with Crippen LogP contribution in [0.5, 0.6) is 5.75 Å². The van der Waals surface area contributed by atoms with Gasteiger partial charge in [-0.25, -0.2) is 0 Å². The van der Waals surface area contributed by atoms with E-state index in [0.29, 0.717) is 6.61 Å². The van der Waals surface area contributed by atoms with Gasteiger partial charge in [-0.05, 0) is 37.6 Å². The Balaban J connectivity index is 2.15. The average Bonchev–Trinajstić information content (AvgIpc) is 2.73. The molecule has 1 saturated heterocycles. The third-order valence-corrected chi connectivity index (χ3v) is 3.56. The number of ether oxygens (including phenoxy) is 1. The second-order valence-corrected chi connectivity index (χ2v) is 5.00. The van der Waals surface area contributed by atoms with Crippen LogP contribution in [0.15, 0.2) is 24.3 Å². The van der Waals surface area contributed by atoms with Gasteiger partial charge < -0.3 is 14.7 Å². The molecule has 0 aliphatic carbocycles. The number of hydrogen-bond acceptors (Lipinski definition) is 3. The van der Waals surface area contributed by atoms with Crippen molar-refractivity contribution in [2.24, 2.45) is 5.92 Å². The Bertz CT molecular complexity index is 497. The Kier molecular flexibility index (Phi) is 4.27. The van der Waals surface area contributed by atoms with Gasteiger partial charge in [-0.15, -0.1) is 0 Å². The highest BCUT2D eigenvalue weighted by atomic mass is 16.5. The zero-order valence-electron chi connectivity index (χ0n) is 11.7. The van der Waals surface area contributed by atoms with E-state index in [9.17, 15) is 9.59 Å². The number of carboxylic acid groups (broad SMARTS) is 1. The number of carbonyl (C=O) groups excluding carboxylic acids is 1. The van der Waals surface area contributed by atoms with E-state index in [1.807, 2.05) is 6.92 Å². The van der Waals surface area contributed by atoms with Crippen molar-refractivity contribution in [2.75, 3.05) is 11.5 Å². The van der Waals surface area contributed by atoms with Crippen LogP contribution in [0.25, 0.3) is 0 Å². The minimum Gasteiger partial charge on any atom is -0.494 e. The molecule has 2 rings (SSSR count). The normalized spacial score (nSPS) is 22.1. The van der Waals surface area contributed by atoms with E-state index in [0.717, 1.165) is 17.9 Å². The Labute approximate surface area is 118 Å². The van der Waals surface area contributed by atoms with Crippen molar-refractivity contribution in [3.63, 3.8) is 0 Å². The van der Waals surface area contributed by atoms with Crippen LogP contribution in [0.3, 0.4) is 0 Å². The number of carboxylic acids is 1. The van der Waals surface area contributed by atoms with Gasteiger partial charge in [-0.2, -0.15) is 0 Å². The third kappa shape index (κ3) is 2.76. The van der Waals surface area contributed by atoms with Crippen LogP contribution in [0.2, 0.25) is 0 Å². The fraction of sp³-hybridized carbons (Fsp3) is 0.467. The van der Waals surface area contributed by atoms with E-state index in [2.05, 4.69) is 0 Å². The van der Waals surface area contributed by atoms with Gasteiger partial charge in [0.2, 0.25) is 5.91 Å². The summed E-state index contributed by atoms with van der Waals surface area (Å²) in [7, 11) is 0. The summed E-state index contributed by atoms with van der Waals surface area (Å²) in [5.74, 6) is -0.952. The van der Waals surface area contributed by atoms with Crippen LogP contribution in [0.4, 0.5) is 5.69 Å². The first kappa shape index (κ1) is 14.4. The molecule has 5 nitrogen and oxygen atoms in total. The van der Waals surface area contributed by atoms with Crippen LogP contribution in [-0.2, 0) is 9.59 Å². The molecule has 1 heterocycles. The smallest absolute Gasteiger partial charge is 0.309 e. The van der Waals surface area contributed by atoms with Crippen molar-refractivity contribution in [1.29, 1.82) is 0 Å². The predicted octanol–water partition coefficient (Wildman–Crippen LogP) is 2.30. The van der Waals surface area contributed by atoms with Crippen molar-refractivity contribution in [2.45, 2.75) is 32.7 Å². The first-order valence-electron chi connectivity index (χ1n) is 6.82. The average molecular weight is 277 g/mol. The fourth-order valence-corrected chi connectivity index (χ4v) is 2.46. The lowest BCUT2D eigenvalue weighted by Crippen LogP contribution is -2.34. The van der Waals surface area contributed by atoms with Crippen molar-refractivity contribution in [1.82, 2.24) is 0 Å². The van der Waals surface area contributed by atoms with Crippen molar-refractivity contribution in [3.8, 4) is 5.75 Å². The van der Waals surface area contributed by atoms with E-state index >= 15 is 0 Å². The monoisotopic (exact) mass is 277 g/mol. The lowest BCUT2D eigenvalue weighted by molar-refractivity contribution is -0.142. The fourth-order valence-electron chi connectivity index (χ4n) is 2.46. The van der Waals surface area contributed by atoms with Gasteiger partial charge in [0.1, 0.15) is 5.75 Å². The van der Waals surface area contributed by atoms with Gasteiger partial charge >= 0.3 is 5.97 Å². The topological polar surface area (TPSA) is 66.8 Å². The largest absolute Gasteiger partial charge is 0.494 e. The number of benzene rings is 1. The molecule has 20 heavy (non-hydrogen) atoms. The van der Waals surface area contributed by atoms with Gasteiger partial charge in [0.25, 0.3) is 0 Å². The summed E-state index contributed by atoms with van der Waals surface area (Å²) in [4.78, 5) is 24.7. The van der Waals surface area contributed by atoms with E-state index in [4.69, 9.17) is 9.84 Å². The SMILES string of the molecule is CCCOc1ccc(N2C(=O)CC(C(=O)O)C2C)cc1. The van der Waals surface area contributed by atoms with Gasteiger partial charge in [-0.1, -0.05) is 6.92 Å². The molecule has 108 valence electrons. The molecular weight excluding hydrogens is 258 g/mol. The van der Waals surface area contributed by atoms with Crippen LogP contribution in [0.1, 0.15) is 26.7 Å². The molecule has 0 spiro atoms. The highest BCUT2D eigenvalue weighted by molar-refractivity contribution is 6.00. The second-order valence-electron chi connectivity index (χ2n) is 5.00. The standard InChI is InChI=1S/C15H19NO4/c1-3-8-20-12-6-4-11(5-7-12)16-10(2)13(15(18)19)9-14(16)17/h4-7,10,13H,3,8-9H2,1-2H3,(H,18,19). The van der Waals surface area contributed by atoms with Crippen LogP contribution in [0, 0.1) is 5.92 Å². The van der Waals surface area contributed by atoms with E-state index in [-0.39, 0.29) is 18.4 Å². The molecule has 1 N–H and O–H groups in total. The first-order chi connectivity index (χ1) is 9.54. The van der Waals surface area contributed by atoms with E-state index in [1.165, 1.54) is 0 Å². The molecule has 1 aliphatic rings. The van der Waals surface area contributed by atoms with E-state index < -0.39 is 11.9 Å². The minimum absolute atomic E-state index is 0.0601. The summed E-state index contributed by atoms with van der Waals surface area (Å²) in [6.07, 6.45) is 0.994. The zero-order valence-corrected chi connectivity index (χ0v) is 11.7. The van der Waals surface area contributed by atoms with Gasteiger partial charge in [0, 0.05) is 18.2 Å². The van der Waals surface area contributed by atoms with Crippen LogP contribution >= 0.6 is 0 Å². The van der Waals surface area contributed by atoms with Gasteiger partial charge in [0.05, 0.1) is 12.5 Å². The third-order valence-electron chi connectivity index (χ3n) is 3.56. The quantitative estimate of drug-likeness (QED) is 0.896. The maximum absolute atomic E-state index is 12.0. The Morgan fingerprint density at radius 2 is 2.05 bits per heavy atom. The summed E-state index contributed by atoms with van der Waals surface area (Å²) in [6, 6.07) is 6.87. The molecule has 1 fully saturated rings. The molecule has 2 unspecified atom stereocenters. The molecule has 0 saturated carbocycles.